The molecule has 2 fully saturated rings. The zero-order valence-electron chi connectivity index (χ0n) is 10.3. The van der Waals surface area contributed by atoms with Crippen LogP contribution in [0.15, 0.2) is 0 Å². The lowest BCUT2D eigenvalue weighted by Crippen LogP contribution is -2.51. The number of rotatable bonds is 1. The summed E-state index contributed by atoms with van der Waals surface area (Å²) < 4.78 is 30.7. The maximum atomic E-state index is 11.0. The van der Waals surface area contributed by atoms with Crippen LogP contribution in [0.25, 0.3) is 0 Å². The van der Waals surface area contributed by atoms with Crippen LogP contribution in [0.2, 0.25) is 0 Å². The van der Waals surface area contributed by atoms with E-state index in [0.717, 1.165) is 0 Å². The minimum absolute atomic E-state index is 0.0834. The number of fused-ring (bicyclic) bond motifs is 2. The van der Waals surface area contributed by atoms with Crippen molar-refractivity contribution < 1.29 is 20.5 Å². The summed E-state index contributed by atoms with van der Waals surface area (Å²) in [4.78, 5) is 11.0. The van der Waals surface area contributed by atoms with E-state index in [0.29, 0.717) is 0 Å². The topological polar surface area (TPSA) is 69.6 Å². The first-order valence-corrected chi connectivity index (χ1v) is 3.86. The van der Waals surface area contributed by atoms with Gasteiger partial charge in [0, 0.05) is 17.6 Å². The Hall–Kier alpha value is -0.610. The molecular formula is C8H13NO3. The van der Waals surface area contributed by atoms with E-state index >= 15 is 0 Å². The molecule has 4 heteroatoms. The van der Waals surface area contributed by atoms with Gasteiger partial charge in [-0.2, -0.15) is 0 Å². The molecule has 0 aromatic heterocycles. The van der Waals surface area contributed by atoms with Gasteiger partial charge in [0.15, 0.2) is 0 Å². The van der Waals surface area contributed by atoms with Gasteiger partial charge in [0.2, 0.25) is 0 Å². The highest BCUT2D eigenvalue weighted by molar-refractivity contribution is 5.72. The quantitative estimate of drug-likeness (QED) is 0.506. The molecule has 0 saturated carbocycles. The van der Waals surface area contributed by atoms with E-state index in [1.807, 2.05) is 0 Å². The molecule has 2 saturated heterocycles. The fourth-order valence-electron chi connectivity index (χ4n) is 1.73. The molecule has 2 aliphatic rings. The van der Waals surface area contributed by atoms with Crippen molar-refractivity contribution in [3.8, 4) is 0 Å². The zero-order chi connectivity index (χ0) is 12.3. The molecule has 4 nitrogen and oxygen atoms in total. The standard InChI is InChI=1S/C8H13NO3/c10-6-3-4-1-2-5(9-4)7(6)8(11)12/h4-7,9-10H,1-3H2,(H,11,12)/i1D2,2D2. The smallest absolute Gasteiger partial charge is 0.310 e. The lowest BCUT2D eigenvalue weighted by atomic mass is 9.89. The molecule has 0 aromatic carbocycles. The molecule has 0 amide bonds. The van der Waals surface area contributed by atoms with Crippen LogP contribution < -0.4 is 5.32 Å². The minimum Gasteiger partial charge on any atom is -0.481 e. The van der Waals surface area contributed by atoms with Gasteiger partial charge in [-0.3, -0.25) is 4.79 Å². The first-order valence-electron chi connectivity index (χ1n) is 5.86. The number of aliphatic hydroxyl groups excluding tert-OH is 1. The molecule has 2 aliphatic heterocycles. The molecule has 68 valence electrons. The van der Waals surface area contributed by atoms with Crippen molar-refractivity contribution in [2.24, 2.45) is 5.92 Å². The van der Waals surface area contributed by atoms with Crippen molar-refractivity contribution in [2.75, 3.05) is 0 Å². The summed E-state index contributed by atoms with van der Waals surface area (Å²) in [6, 6.07) is -2.02. The van der Waals surface area contributed by atoms with Gasteiger partial charge in [-0.15, -0.1) is 0 Å². The predicted octanol–water partition coefficient (Wildman–Crippen LogP) is -0.428. The average molecular weight is 175 g/mol. The monoisotopic (exact) mass is 175 g/mol. The number of hydrogen-bond acceptors (Lipinski definition) is 3. The summed E-state index contributed by atoms with van der Waals surface area (Å²) in [7, 11) is 0. The third-order valence-electron chi connectivity index (χ3n) is 2.33. The second kappa shape index (κ2) is 2.71. The van der Waals surface area contributed by atoms with Crippen molar-refractivity contribution in [1.82, 2.24) is 5.32 Å². The Labute approximate surface area is 76.2 Å². The van der Waals surface area contributed by atoms with E-state index in [-0.39, 0.29) is 6.42 Å². The molecule has 2 bridgehead atoms. The summed E-state index contributed by atoms with van der Waals surface area (Å²) in [6.07, 6.45) is -5.75. The van der Waals surface area contributed by atoms with Crippen molar-refractivity contribution in [3.05, 3.63) is 0 Å². The zero-order valence-corrected chi connectivity index (χ0v) is 6.32. The van der Waals surface area contributed by atoms with E-state index in [1.165, 1.54) is 0 Å². The second-order valence-electron chi connectivity index (χ2n) is 3.15. The Morgan fingerprint density at radius 2 is 2.33 bits per heavy atom. The van der Waals surface area contributed by atoms with Crippen LogP contribution in [-0.2, 0) is 4.79 Å². The number of aliphatic hydroxyl groups is 1. The number of aliphatic carboxylic acids is 1. The van der Waals surface area contributed by atoms with Gasteiger partial charge in [0.25, 0.3) is 0 Å². The summed E-state index contributed by atoms with van der Waals surface area (Å²) in [6.45, 7) is 0. The SMILES string of the molecule is [2H]C1([2H])C2CC(O)C(C(=O)O)C(N2)C1([2H])[2H]. The van der Waals surface area contributed by atoms with Crippen molar-refractivity contribution in [3.63, 3.8) is 0 Å². The van der Waals surface area contributed by atoms with E-state index in [2.05, 4.69) is 5.32 Å². The molecule has 0 spiro atoms. The highest BCUT2D eigenvalue weighted by Crippen LogP contribution is 2.31. The van der Waals surface area contributed by atoms with Crippen LogP contribution in [0.5, 0.6) is 0 Å². The van der Waals surface area contributed by atoms with Crippen LogP contribution in [0.1, 0.15) is 24.6 Å². The Morgan fingerprint density at radius 3 is 3.00 bits per heavy atom. The lowest BCUT2D eigenvalue weighted by molar-refractivity contribution is -0.148. The van der Waals surface area contributed by atoms with E-state index in [9.17, 15) is 9.90 Å². The third kappa shape index (κ3) is 1.11. The number of carbonyl (C=O) groups is 1. The molecule has 2 heterocycles. The molecular weight excluding hydrogens is 158 g/mol. The normalized spacial score (nSPS) is 59.4. The van der Waals surface area contributed by atoms with Gasteiger partial charge in [-0.05, 0) is 19.2 Å². The van der Waals surface area contributed by atoms with E-state index in [1.54, 1.807) is 0 Å². The fourth-order valence-corrected chi connectivity index (χ4v) is 1.73. The van der Waals surface area contributed by atoms with Crippen molar-refractivity contribution in [2.45, 2.75) is 37.4 Å². The lowest BCUT2D eigenvalue weighted by Gasteiger charge is -2.31. The highest BCUT2D eigenvalue weighted by Gasteiger charge is 2.44. The number of carboxylic acids is 1. The van der Waals surface area contributed by atoms with Gasteiger partial charge in [0.05, 0.1) is 12.0 Å². The summed E-state index contributed by atoms with van der Waals surface area (Å²) in [5, 5.41) is 21.2. The Kier molecular flexibility index (Phi) is 1.03. The summed E-state index contributed by atoms with van der Waals surface area (Å²) >= 11 is 0. The maximum absolute atomic E-state index is 11.0. The number of carboxylic acid groups (broad SMARTS) is 1. The van der Waals surface area contributed by atoms with Crippen LogP contribution in [-0.4, -0.2) is 34.4 Å². The second-order valence-corrected chi connectivity index (χ2v) is 3.15. The fraction of sp³-hybridized carbons (Fsp3) is 0.875. The Bertz CT molecular complexity index is 335. The van der Waals surface area contributed by atoms with Crippen molar-refractivity contribution >= 4 is 5.97 Å². The van der Waals surface area contributed by atoms with Crippen LogP contribution in [0, 0.1) is 5.92 Å². The van der Waals surface area contributed by atoms with Crippen LogP contribution in [0.3, 0.4) is 0 Å². The molecule has 0 aliphatic carbocycles. The predicted molar refractivity (Wildman–Crippen MR) is 41.7 cm³/mol. The molecule has 12 heavy (non-hydrogen) atoms. The largest absolute Gasteiger partial charge is 0.481 e. The summed E-state index contributed by atoms with van der Waals surface area (Å²) in [5.41, 5.74) is 0. The number of piperidine rings is 1. The van der Waals surface area contributed by atoms with Gasteiger partial charge in [0.1, 0.15) is 0 Å². The Morgan fingerprint density at radius 1 is 1.58 bits per heavy atom. The highest BCUT2D eigenvalue weighted by atomic mass is 16.4. The van der Waals surface area contributed by atoms with Crippen molar-refractivity contribution in [1.29, 1.82) is 0 Å². The van der Waals surface area contributed by atoms with Gasteiger partial charge in [-0.1, -0.05) is 0 Å². The molecule has 0 aromatic rings. The number of nitrogens with one attached hydrogen (secondary N) is 1. The van der Waals surface area contributed by atoms with E-state index in [4.69, 9.17) is 10.6 Å². The maximum Gasteiger partial charge on any atom is 0.310 e. The van der Waals surface area contributed by atoms with Crippen LogP contribution in [0.4, 0.5) is 0 Å². The minimum atomic E-state index is -2.29. The molecule has 2 rings (SSSR count). The number of hydrogen-bond donors (Lipinski definition) is 3. The molecule has 4 atom stereocenters. The van der Waals surface area contributed by atoms with Gasteiger partial charge in [-0.25, -0.2) is 0 Å². The molecule has 4 unspecified atom stereocenters. The van der Waals surface area contributed by atoms with Gasteiger partial charge >= 0.3 is 5.97 Å². The summed E-state index contributed by atoms with van der Waals surface area (Å²) in [5.74, 6) is -2.60. The first kappa shape index (κ1) is 4.58. The molecule has 0 radical (unpaired) electrons. The Balaban J connectivity index is 2.42. The first-order chi connectivity index (χ1) is 7.19. The van der Waals surface area contributed by atoms with Crippen LogP contribution >= 0.6 is 0 Å². The third-order valence-corrected chi connectivity index (χ3v) is 2.33. The average Bonchev–Trinajstić information content (AvgIpc) is 2.26. The van der Waals surface area contributed by atoms with E-state index < -0.39 is 42.8 Å². The molecule has 3 N–H and O–H groups in total. The van der Waals surface area contributed by atoms with Gasteiger partial charge < -0.3 is 15.5 Å².